The van der Waals surface area contributed by atoms with Gasteiger partial charge in [0.2, 0.25) is 0 Å². The second-order valence-corrected chi connectivity index (χ2v) is 5.26. The number of methoxy groups -OCH3 is 1. The van der Waals surface area contributed by atoms with Gasteiger partial charge < -0.3 is 4.74 Å². The molecule has 4 rings (SSSR count). The zero-order valence-corrected chi connectivity index (χ0v) is 11.3. The van der Waals surface area contributed by atoms with Crippen molar-refractivity contribution in [2.24, 2.45) is 5.92 Å². The van der Waals surface area contributed by atoms with Crippen LogP contribution in [0.25, 0.3) is 0 Å². The molecule has 1 aromatic rings. The fraction of sp³-hybridized carbons (Fsp3) is 0.188. The lowest BCUT2D eigenvalue weighted by Crippen LogP contribution is -2.33. The predicted octanol–water partition coefficient (Wildman–Crippen LogP) is 1.39. The van der Waals surface area contributed by atoms with Gasteiger partial charge in [-0.2, -0.15) is 0 Å². The van der Waals surface area contributed by atoms with E-state index in [0.29, 0.717) is 34.6 Å². The number of carbonyl (C=O) groups is 3. The van der Waals surface area contributed by atoms with Gasteiger partial charge in [-0.15, -0.1) is 0 Å². The molecule has 0 aromatic heterocycles. The molecule has 0 radical (unpaired) electrons. The zero-order chi connectivity index (χ0) is 14.7. The number of carbonyl (C=O) groups excluding carboxylic acids is 3. The number of hydrogen-bond donors (Lipinski definition) is 0. The maximum absolute atomic E-state index is 12.5. The van der Waals surface area contributed by atoms with Crippen molar-refractivity contribution >= 4 is 23.3 Å². The number of benzene rings is 1. The molecular formula is C16H11NO4. The lowest BCUT2D eigenvalue weighted by Gasteiger charge is -2.17. The van der Waals surface area contributed by atoms with Gasteiger partial charge in [-0.05, 0) is 42.3 Å². The monoisotopic (exact) mass is 281 g/mol. The van der Waals surface area contributed by atoms with Gasteiger partial charge in [0.05, 0.1) is 24.3 Å². The second-order valence-electron chi connectivity index (χ2n) is 5.26. The van der Waals surface area contributed by atoms with Gasteiger partial charge in [0.1, 0.15) is 5.75 Å². The zero-order valence-electron chi connectivity index (χ0n) is 11.3. The van der Waals surface area contributed by atoms with Crippen LogP contribution in [0.15, 0.2) is 47.1 Å². The number of fused-ring (bicyclic) bond motifs is 4. The maximum atomic E-state index is 12.5. The van der Waals surface area contributed by atoms with Gasteiger partial charge in [-0.3, -0.25) is 14.4 Å². The number of rotatable bonds is 2. The molecule has 0 saturated heterocycles. The number of nitrogens with zero attached hydrogens (tertiary/aromatic N) is 1. The standard InChI is InChI=1S/C16H11NO4/c1-21-10-4-2-9(3-5-10)17-15(19)13-8-6-11(12(18)7-8)14(13)16(17)20/h2-5,7,11H,6H2,1H3. The number of imide groups is 1. The van der Waals surface area contributed by atoms with Gasteiger partial charge in [-0.25, -0.2) is 4.90 Å². The molecule has 1 aliphatic heterocycles. The largest absolute Gasteiger partial charge is 0.497 e. The normalized spacial score (nSPS) is 23.1. The van der Waals surface area contributed by atoms with Gasteiger partial charge in [-0.1, -0.05) is 0 Å². The molecule has 0 N–H and O–H groups in total. The van der Waals surface area contributed by atoms with Crippen LogP contribution in [-0.4, -0.2) is 24.7 Å². The summed E-state index contributed by atoms with van der Waals surface area (Å²) in [7, 11) is 1.55. The van der Waals surface area contributed by atoms with Gasteiger partial charge in [0.15, 0.2) is 5.78 Å². The van der Waals surface area contributed by atoms with Crippen LogP contribution in [0, 0.1) is 5.92 Å². The van der Waals surface area contributed by atoms with E-state index in [2.05, 4.69) is 0 Å². The van der Waals surface area contributed by atoms with Crippen molar-refractivity contribution in [3.05, 3.63) is 47.1 Å². The average molecular weight is 281 g/mol. The van der Waals surface area contributed by atoms with Gasteiger partial charge >= 0.3 is 0 Å². The summed E-state index contributed by atoms with van der Waals surface area (Å²) in [5.74, 6) is -0.574. The summed E-state index contributed by atoms with van der Waals surface area (Å²) in [5.41, 5.74) is 2.00. The van der Waals surface area contributed by atoms with Crippen molar-refractivity contribution in [3.8, 4) is 5.75 Å². The molecule has 1 heterocycles. The molecule has 0 spiro atoms. The maximum Gasteiger partial charge on any atom is 0.266 e. The van der Waals surface area contributed by atoms with E-state index in [1.807, 2.05) is 0 Å². The van der Waals surface area contributed by atoms with Crippen LogP contribution in [0.1, 0.15) is 6.42 Å². The van der Waals surface area contributed by atoms with E-state index >= 15 is 0 Å². The number of hydrogen-bond acceptors (Lipinski definition) is 4. The summed E-state index contributed by atoms with van der Waals surface area (Å²) in [6.07, 6.45) is 1.99. The highest BCUT2D eigenvalue weighted by Crippen LogP contribution is 2.48. The first-order chi connectivity index (χ1) is 10.1. The third-order valence-corrected chi connectivity index (χ3v) is 4.20. The van der Waals surface area contributed by atoms with Crippen LogP contribution in [-0.2, 0) is 14.4 Å². The first kappa shape index (κ1) is 12.1. The lowest BCUT2D eigenvalue weighted by molar-refractivity contribution is -0.122. The van der Waals surface area contributed by atoms with E-state index in [-0.39, 0.29) is 17.6 Å². The Morgan fingerprint density at radius 1 is 1.10 bits per heavy atom. The Morgan fingerprint density at radius 3 is 2.48 bits per heavy atom. The molecule has 2 bridgehead atoms. The quantitative estimate of drug-likeness (QED) is 0.769. The molecular weight excluding hydrogens is 270 g/mol. The topological polar surface area (TPSA) is 63.7 Å². The SMILES string of the molecule is COc1ccc(N2C(=O)C3=C(C2=O)C2CC3=CC2=O)cc1. The molecule has 1 aromatic carbocycles. The Hall–Kier alpha value is -2.69. The van der Waals surface area contributed by atoms with Crippen molar-refractivity contribution in [2.45, 2.75) is 6.42 Å². The van der Waals surface area contributed by atoms with Gasteiger partial charge in [0, 0.05) is 5.57 Å². The third-order valence-electron chi connectivity index (χ3n) is 4.20. The Kier molecular flexibility index (Phi) is 2.25. The van der Waals surface area contributed by atoms with Crippen molar-refractivity contribution in [1.29, 1.82) is 0 Å². The van der Waals surface area contributed by atoms with E-state index in [1.54, 1.807) is 31.4 Å². The highest BCUT2D eigenvalue weighted by atomic mass is 16.5. The van der Waals surface area contributed by atoms with E-state index in [4.69, 9.17) is 4.74 Å². The molecule has 2 aliphatic carbocycles. The molecule has 21 heavy (non-hydrogen) atoms. The summed E-state index contributed by atoms with van der Waals surface area (Å²) in [6.45, 7) is 0. The smallest absolute Gasteiger partial charge is 0.266 e. The summed E-state index contributed by atoms with van der Waals surface area (Å²) in [6, 6.07) is 6.71. The number of ether oxygens (including phenoxy) is 1. The van der Waals surface area contributed by atoms with Crippen LogP contribution >= 0.6 is 0 Å². The van der Waals surface area contributed by atoms with E-state index in [1.165, 1.54) is 6.08 Å². The van der Waals surface area contributed by atoms with Crippen LogP contribution < -0.4 is 9.64 Å². The summed E-state index contributed by atoms with van der Waals surface area (Å²) >= 11 is 0. The highest BCUT2D eigenvalue weighted by molar-refractivity contribution is 6.37. The van der Waals surface area contributed by atoms with Crippen LogP contribution in [0.4, 0.5) is 5.69 Å². The number of allylic oxidation sites excluding steroid dienone is 1. The number of anilines is 1. The average Bonchev–Trinajstić information content (AvgIpc) is 3.11. The molecule has 0 fully saturated rings. The van der Waals surface area contributed by atoms with E-state index in [9.17, 15) is 14.4 Å². The van der Waals surface area contributed by atoms with Crippen molar-refractivity contribution < 1.29 is 19.1 Å². The Bertz CT molecular complexity index is 770. The molecule has 2 amide bonds. The molecule has 1 atom stereocenters. The Balaban J connectivity index is 1.75. The van der Waals surface area contributed by atoms with E-state index < -0.39 is 5.92 Å². The Morgan fingerprint density at radius 2 is 1.81 bits per heavy atom. The molecule has 5 heteroatoms. The molecule has 0 saturated carbocycles. The van der Waals surface area contributed by atoms with Crippen molar-refractivity contribution in [2.75, 3.05) is 12.0 Å². The molecule has 104 valence electrons. The lowest BCUT2D eigenvalue weighted by atomic mass is 9.97. The van der Waals surface area contributed by atoms with E-state index in [0.717, 1.165) is 4.90 Å². The number of ketones is 1. The fourth-order valence-corrected chi connectivity index (χ4v) is 3.22. The van der Waals surface area contributed by atoms with Crippen LogP contribution in [0.2, 0.25) is 0 Å². The van der Waals surface area contributed by atoms with Crippen LogP contribution in [0.3, 0.4) is 0 Å². The van der Waals surface area contributed by atoms with Gasteiger partial charge in [0.25, 0.3) is 11.8 Å². The fourth-order valence-electron chi connectivity index (χ4n) is 3.22. The number of amides is 2. The summed E-state index contributed by atoms with van der Waals surface area (Å²) in [4.78, 5) is 37.9. The van der Waals surface area contributed by atoms with Crippen molar-refractivity contribution in [1.82, 2.24) is 0 Å². The minimum atomic E-state index is -0.449. The summed E-state index contributed by atoms with van der Waals surface area (Å²) < 4.78 is 5.07. The second kappa shape index (κ2) is 3.91. The third kappa shape index (κ3) is 1.43. The highest BCUT2D eigenvalue weighted by Gasteiger charge is 2.52. The molecule has 1 unspecified atom stereocenters. The minimum Gasteiger partial charge on any atom is -0.497 e. The first-order valence-corrected chi connectivity index (χ1v) is 6.63. The minimum absolute atomic E-state index is 0.0681. The molecule has 3 aliphatic rings. The predicted molar refractivity (Wildman–Crippen MR) is 73.7 cm³/mol. The first-order valence-electron chi connectivity index (χ1n) is 6.63. The van der Waals surface area contributed by atoms with Crippen molar-refractivity contribution in [3.63, 3.8) is 0 Å². The molecule has 5 nitrogen and oxygen atoms in total. The Labute approximate surface area is 120 Å². The summed E-state index contributed by atoms with van der Waals surface area (Å²) in [5, 5.41) is 0. The van der Waals surface area contributed by atoms with Crippen LogP contribution in [0.5, 0.6) is 5.75 Å².